The molecule has 0 spiro atoms. The van der Waals surface area contributed by atoms with Crippen molar-refractivity contribution < 1.29 is 17.9 Å². The molecule has 2 heterocycles. The Morgan fingerprint density at radius 3 is 2.55 bits per heavy atom. The fraction of sp³-hybridized carbons (Fsp3) is 0.467. The largest absolute Gasteiger partial charge is 0.492 e. The second-order valence-electron chi connectivity index (χ2n) is 11.9. The van der Waals surface area contributed by atoms with Crippen LogP contribution in [0.15, 0.2) is 46.9 Å². The van der Waals surface area contributed by atoms with Crippen LogP contribution in [0.1, 0.15) is 84.4 Å². The van der Waals surface area contributed by atoms with E-state index < -0.39 is 10.0 Å². The zero-order chi connectivity index (χ0) is 29.8. The van der Waals surface area contributed by atoms with Gasteiger partial charge in [-0.2, -0.15) is 10.2 Å². The van der Waals surface area contributed by atoms with Crippen LogP contribution in [0, 0.1) is 6.92 Å². The van der Waals surface area contributed by atoms with E-state index in [0.717, 1.165) is 47.9 Å². The Morgan fingerprint density at radius 1 is 1.17 bits per heavy atom. The van der Waals surface area contributed by atoms with Gasteiger partial charge in [0.2, 0.25) is 10.0 Å². The molecular formula is C30H37N7O4S. The predicted molar refractivity (Wildman–Crippen MR) is 162 cm³/mol. The molecule has 2 saturated carbocycles. The Hall–Kier alpha value is -3.93. The third kappa shape index (κ3) is 5.47. The maximum Gasteiger partial charge on any atom is 0.255 e. The number of carbonyl (C=O) groups excluding carboxylic acids is 1. The van der Waals surface area contributed by atoms with Gasteiger partial charge in [0, 0.05) is 16.8 Å². The number of ether oxygens (including phenoxy) is 1. The smallest absolute Gasteiger partial charge is 0.255 e. The first kappa shape index (κ1) is 28.2. The van der Waals surface area contributed by atoms with E-state index in [9.17, 15) is 13.2 Å². The third-order valence-electron chi connectivity index (χ3n) is 8.45. The molecule has 42 heavy (non-hydrogen) atoms. The SMILES string of the molecule is CCc1c(C2CN(c3cc(C(=O)Nc4cc(C5(C)CC5)cc(NS(C)(=O)=O)c4OC)ccc3C)N=N2)cnn1C1CC1. The Morgan fingerprint density at radius 2 is 1.90 bits per heavy atom. The standard InChI is InChI=1S/C30H37N7O4S/c1-6-26-22(16-31-37(26)21-9-10-21)25-17-36(35-33-25)27-13-19(8-7-18(27)2)29(38)32-23-14-20(30(3)11-12-30)15-24(28(23)41-4)34-42(5,39)40/h7-8,13-16,21,25,34H,6,9-12,17H2,1-5H3,(H,32,38). The molecule has 1 unspecified atom stereocenters. The van der Waals surface area contributed by atoms with E-state index in [-0.39, 0.29) is 23.1 Å². The number of benzene rings is 2. The third-order valence-corrected chi connectivity index (χ3v) is 9.04. The molecule has 1 atom stereocenters. The van der Waals surface area contributed by atoms with Gasteiger partial charge in [0.15, 0.2) is 5.75 Å². The molecule has 2 N–H and O–H groups in total. The van der Waals surface area contributed by atoms with Crippen molar-refractivity contribution in [2.24, 2.45) is 10.3 Å². The van der Waals surface area contributed by atoms with E-state index in [0.29, 0.717) is 29.5 Å². The lowest BCUT2D eigenvalue weighted by Gasteiger charge is -2.20. The summed E-state index contributed by atoms with van der Waals surface area (Å²) in [5.41, 5.74) is 6.10. The topological polar surface area (TPSA) is 130 Å². The molecule has 0 radical (unpaired) electrons. The lowest BCUT2D eigenvalue weighted by molar-refractivity contribution is 0.102. The summed E-state index contributed by atoms with van der Waals surface area (Å²) in [6.07, 6.45) is 8.22. The van der Waals surface area contributed by atoms with Crippen molar-refractivity contribution in [1.29, 1.82) is 0 Å². The van der Waals surface area contributed by atoms with Gasteiger partial charge >= 0.3 is 0 Å². The number of rotatable bonds is 10. The molecule has 0 bridgehead atoms. The zero-order valence-electron chi connectivity index (χ0n) is 24.6. The quantitative estimate of drug-likeness (QED) is 0.311. The molecule has 2 aliphatic carbocycles. The Labute approximate surface area is 246 Å². The van der Waals surface area contributed by atoms with Gasteiger partial charge in [-0.25, -0.2) is 13.4 Å². The summed E-state index contributed by atoms with van der Waals surface area (Å²) in [6, 6.07) is 9.52. The number of amides is 1. The summed E-state index contributed by atoms with van der Waals surface area (Å²) < 4.78 is 34.5. The predicted octanol–water partition coefficient (Wildman–Crippen LogP) is 5.70. The number of hydrogen-bond acceptors (Lipinski definition) is 8. The molecule has 11 nitrogen and oxygen atoms in total. The molecule has 1 aliphatic heterocycles. The molecule has 1 amide bonds. The van der Waals surface area contributed by atoms with Crippen molar-refractivity contribution in [3.8, 4) is 5.75 Å². The average molecular weight is 592 g/mol. The highest BCUT2D eigenvalue weighted by Crippen LogP contribution is 2.51. The molecule has 12 heteroatoms. The summed E-state index contributed by atoms with van der Waals surface area (Å²) in [5, 5.41) is 18.5. The lowest BCUT2D eigenvalue weighted by atomic mass is 9.96. The van der Waals surface area contributed by atoms with E-state index in [2.05, 4.69) is 44.0 Å². The van der Waals surface area contributed by atoms with Crippen molar-refractivity contribution in [1.82, 2.24) is 9.78 Å². The summed E-state index contributed by atoms with van der Waals surface area (Å²) in [4.78, 5) is 13.6. The van der Waals surface area contributed by atoms with Gasteiger partial charge in [0.25, 0.3) is 5.91 Å². The van der Waals surface area contributed by atoms with Crippen LogP contribution >= 0.6 is 0 Å². The van der Waals surface area contributed by atoms with Gasteiger partial charge in [-0.05, 0) is 79.8 Å². The Bertz CT molecular complexity index is 1690. The molecule has 3 aliphatic rings. The number of methoxy groups -OCH3 is 1. The monoisotopic (exact) mass is 591 g/mol. The fourth-order valence-electron chi connectivity index (χ4n) is 5.61. The number of nitrogens with zero attached hydrogens (tertiary/aromatic N) is 5. The molecule has 2 aromatic carbocycles. The average Bonchev–Trinajstić information content (AvgIpc) is 3.83. The number of nitrogens with one attached hydrogen (secondary N) is 2. The minimum atomic E-state index is -3.57. The normalized spacial score (nSPS) is 19.2. The van der Waals surface area contributed by atoms with E-state index >= 15 is 0 Å². The van der Waals surface area contributed by atoms with E-state index in [1.54, 1.807) is 12.1 Å². The van der Waals surface area contributed by atoms with Gasteiger partial charge in [0.1, 0.15) is 6.04 Å². The van der Waals surface area contributed by atoms with Gasteiger partial charge in [-0.15, -0.1) is 0 Å². The van der Waals surface area contributed by atoms with Crippen LogP contribution in [0.3, 0.4) is 0 Å². The molecule has 3 aromatic rings. The maximum atomic E-state index is 13.6. The number of hydrogen-bond donors (Lipinski definition) is 2. The van der Waals surface area contributed by atoms with Crippen LogP contribution in [-0.2, 0) is 21.9 Å². The molecule has 1 aromatic heterocycles. The van der Waals surface area contributed by atoms with Crippen molar-refractivity contribution in [3.05, 3.63) is 64.5 Å². The van der Waals surface area contributed by atoms with Crippen molar-refractivity contribution >= 4 is 33.0 Å². The Kier molecular flexibility index (Phi) is 6.99. The number of sulfonamides is 1. The molecular weight excluding hydrogens is 554 g/mol. The van der Waals surface area contributed by atoms with Crippen LogP contribution in [0.2, 0.25) is 0 Å². The van der Waals surface area contributed by atoms with Gasteiger partial charge in [0.05, 0.1) is 49.2 Å². The zero-order valence-corrected chi connectivity index (χ0v) is 25.5. The van der Waals surface area contributed by atoms with Crippen LogP contribution < -0.4 is 19.8 Å². The van der Waals surface area contributed by atoms with Gasteiger partial charge in [-0.1, -0.05) is 25.1 Å². The minimum absolute atomic E-state index is 0.0686. The number of carbonyl (C=O) groups is 1. The second-order valence-corrected chi connectivity index (χ2v) is 13.6. The summed E-state index contributed by atoms with van der Waals surface area (Å²) in [7, 11) is -2.12. The van der Waals surface area contributed by atoms with Crippen LogP contribution in [0.5, 0.6) is 5.75 Å². The second kappa shape index (κ2) is 10.4. The molecule has 222 valence electrons. The lowest BCUT2D eigenvalue weighted by Crippen LogP contribution is -2.20. The van der Waals surface area contributed by atoms with Crippen molar-refractivity contribution in [3.63, 3.8) is 0 Å². The van der Waals surface area contributed by atoms with Gasteiger partial charge < -0.3 is 10.1 Å². The molecule has 2 fully saturated rings. The maximum absolute atomic E-state index is 13.6. The highest BCUT2D eigenvalue weighted by Gasteiger charge is 2.40. The first-order valence-corrected chi connectivity index (χ1v) is 16.3. The first-order chi connectivity index (χ1) is 20.0. The summed E-state index contributed by atoms with van der Waals surface area (Å²) in [6.45, 7) is 6.80. The molecule has 0 saturated heterocycles. The van der Waals surface area contributed by atoms with Crippen LogP contribution in [0.4, 0.5) is 17.1 Å². The summed E-state index contributed by atoms with van der Waals surface area (Å²) >= 11 is 0. The van der Waals surface area contributed by atoms with Gasteiger partial charge in [-0.3, -0.25) is 14.2 Å². The molecule has 6 rings (SSSR count). The Balaban J connectivity index is 1.25. The summed E-state index contributed by atoms with van der Waals surface area (Å²) in [5.74, 6) is -0.0895. The van der Waals surface area contributed by atoms with Crippen molar-refractivity contribution in [2.75, 3.05) is 35.0 Å². The van der Waals surface area contributed by atoms with E-state index in [1.807, 2.05) is 36.3 Å². The fourth-order valence-corrected chi connectivity index (χ4v) is 6.16. The minimum Gasteiger partial charge on any atom is -0.492 e. The van der Waals surface area contributed by atoms with Crippen LogP contribution in [-0.4, -0.2) is 44.0 Å². The number of aryl methyl sites for hydroxylation is 1. The van der Waals surface area contributed by atoms with Crippen molar-refractivity contribution in [2.45, 2.75) is 70.4 Å². The highest BCUT2D eigenvalue weighted by atomic mass is 32.2. The van der Waals surface area contributed by atoms with Crippen LogP contribution in [0.25, 0.3) is 0 Å². The van der Waals surface area contributed by atoms with E-state index in [4.69, 9.17) is 4.74 Å². The van der Waals surface area contributed by atoms with E-state index in [1.165, 1.54) is 25.6 Å². The number of anilines is 3. The first-order valence-electron chi connectivity index (χ1n) is 14.4. The number of aromatic nitrogens is 2. The highest BCUT2D eigenvalue weighted by molar-refractivity contribution is 7.92.